The van der Waals surface area contributed by atoms with E-state index in [0.29, 0.717) is 23.0 Å². The van der Waals surface area contributed by atoms with Crippen molar-refractivity contribution in [3.8, 4) is 0 Å². The van der Waals surface area contributed by atoms with Crippen LogP contribution in [0, 0.1) is 0 Å². The Hall–Kier alpha value is -2.66. The van der Waals surface area contributed by atoms with Crippen LogP contribution in [0.1, 0.15) is 42.3 Å². The lowest BCUT2D eigenvalue weighted by Crippen LogP contribution is -2.41. The first-order valence-electron chi connectivity index (χ1n) is 11.8. The lowest BCUT2D eigenvalue weighted by atomic mass is 10.1. The molecule has 0 N–H and O–H groups in total. The first-order valence-corrected chi connectivity index (χ1v) is 15.3. The number of hydrogen-bond donors (Lipinski definition) is 0. The zero-order chi connectivity index (χ0) is 25.3. The van der Waals surface area contributed by atoms with Crippen LogP contribution in [-0.4, -0.2) is 42.5 Å². The normalized spacial score (nSPS) is 16.9. The Balaban J connectivity index is 1.47. The SMILES string of the molecule is CSc1cccc2sc(N(Cc3ccco3)C(=O)c3ccc(S(=O)(=O)N4CCCCC4C)cc3)nc12. The molecule has 0 spiro atoms. The van der Waals surface area contributed by atoms with Gasteiger partial charge in [0.1, 0.15) is 5.76 Å². The van der Waals surface area contributed by atoms with Crippen LogP contribution in [0.5, 0.6) is 0 Å². The molecule has 1 fully saturated rings. The van der Waals surface area contributed by atoms with E-state index in [0.717, 1.165) is 34.4 Å². The zero-order valence-corrected chi connectivity index (χ0v) is 22.5. The molecule has 1 atom stereocenters. The molecule has 1 aliphatic rings. The number of rotatable bonds is 7. The molecule has 10 heteroatoms. The van der Waals surface area contributed by atoms with Gasteiger partial charge in [0.05, 0.1) is 27.9 Å². The molecule has 4 aromatic rings. The second-order valence-corrected chi connectivity index (χ2v) is 12.5. The Morgan fingerprint density at radius 3 is 2.67 bits per heavy atom. The number of nitrogens with zero attached hydrogens (tertiary/aromatic N) is 3. The Labute approximate surface area is 219 Å². The van der Waals surface area contributed by atoms with E-state index in [1.807, 2.05) is 37.4 Å². The van der Waals surface area contributed by atoms with Crippen molar-refractivity contribution in [3.05, 3.63) is 72.2 Å². The van der Waals surface area contributed by atoms with Crippen molar-refractivity contribution < 1.29 is 17.6 Å². The van der Waals surface area contributed by atoms with Crippen molar-refractivity contribution in [2.24, 2.45) is 0 Å². The molecule has 0 aliphatic carbocycles. The van der Waals surface area contributed by atoms with Gasteiger partial charge in [0.2, 0.25) is 10.0 Å². The van der Waals surface area contributed by atoms with E-state index in [1.165, 1.54) is 23.5 Å². The van der Waals surface area contributed by atoms with Gasteiger partial charge >= 0.3 is 0 Å². The first-order chi connectivity index (χ1) is 17.4. The maximum Gasteiger partial charge on any atom is 0.260 e. The van der Waals surface area contributed by atoms with Crippen molar-refractivity contribution in [2.45, 2.75) is 48.6 Å². The Morgan fingerprint density at radius 1 is 1.17 bits per heavy atom. The molecule has 1 aliphatic heterocycles. The van der Waals surface area contributed by atoms with E-state index < -0.39 is 10.0 Å². The number of amides is 1. The molecule has 1 unspecified atom stereocenters. The number of sulfonamides is 1. The minimum absolute atomic E-state index is 0.0287. The highest BCUT2D eigenvalue weighted by Gasteiger charge is 2.31. The van der Waals surface area contributed by atoms with E-state index in [4.69, 9.17) is 9.40 Å². The summed E-state index contributed by atoms with van der Waals surface area (Å²) in [5, 5.41) is 0.562. The molecule has 188 valence electrons. The summed E-state index contributed by atoms with van der Waals surface area (Å²) in [5.74, 6) is 0.359. The van der Waals surface area contributed by atoms with Crippen LogP contribution >= 0.6 is 23.1 Å². The molecule has 0 bridgehead atoms. The average Bonchev–Trinajstić information content (AvgIpc) is 3.57. The highest BCUT2D eigenvalue weighted by atomic mass is 32.2. The summed E-state index contributed by atoms with van der Waals surface area (Å²) in [6.45, 7) is 2.68. The molecule has 1 saturated heterocycles. The molecule has 36 heavy (non-hydrogen) atoms. The van der Waals surface area contributed by atoms with E-state index in [2.05, 4.69) is 0 Å². The third kappa shape index (κ3) is 4.82. The van der Waals surface area contributed by atoms with Gasteiger partial charge in [-0.3, -0.25) is 9.69 Å². The minimum Gasteiger partial charge on any atom is -0.467 e. The highest BCUT2D eigenvalue weighted by Crippen LogP contribution is 2.35. The van der Waals surface area contributed by atoms with E-state index in [9.17, 15) is 13.2 Å². The number of carbonyl (C=O) groups is 1. The molecule has 0 radical (unpaired) electrons. The fourth-order valence-electron chi connectivity index (χ4n) is 4.47. The maximum atomic E-state index is 13.7. The fraction of sp³-hybridized carbons (Fsp3) is 0.308. The Bertz CT molecular complexity index is 1460. The largest absolute Gasteiger partial charge is 0.467 e. The molecule has 3 heterocycles. The van der Waals surface area contributed by atoms with Crippen molar-refractivity contribution in [3.63, 3.8) is 0 Å². The molecule has 5 rings (SSSR count). The number of anilines is 1. The number of thiazole rings is 1. The van der Waals surface area contributed by atoms with Crippen LogP contribution < -0.4 is 4.90 Å². The Morgan fingerprint density at radius 2 is 1.97 bits per heavy atom. The van der Waals surface area contributed by atoms with Gasteiger partial charge < -0.3 is 4.42 Å². The molecular formula is C26H27N3O4S3. The minimum atomic E-state index is -3.61. The molecule has 7 nitrogen and oxygen atoms in total. The van der Waals surface area contributed by atoms with Gasteiger partial charge in [-0.25, -0.2) is 13.4 Å². The van der Waals surface area contributed by atoms with Crippen molar-refractivity contribution >= 4 is 54.4 Å². The van der Waals surface area contributed by atoms with Gasteiger partial charge in [0, 0.05) is 23.0 Å². The summed E-state index contributed by atoms with van der Waals surface area (Å²) in [4.78, 5) is 21.3. The highest BCUT2D eigenvalue weighted by molar-refractivity contribution is 7.98. The van der Waals surface area contributed by atoms with Gasteiger partial charge in [-0.15, -0.1) is 11.8 Å². The lowest BCUT2D eigenvalue weighted by Gasteiger charge is -2.32. The molecule has 0 saturated carbocycles. The number of thioether (sulfide) groups is 1. The Kier molecular flexibility index (Phi) is 7.21. The molecule has 1 amide bonds. The number of carbonyl (C=O) groups excluding carboxylic acids is 1. The average molecular weight is 542 g/mol. The number of aromatic nitrogens is 1. The summed E-state index contributed by atoms with van der Waals surface area (Å²) in [6.07, 6.45) is 6.33. The van der Waals surface area contributed by atoms with E-state index in [1.54, 1.807) is 45.4 Å². The van der Waals surface area contributed by atoms with Crippen molar-refractivity contribution in [1.29, 1.82) is 0 Å². The van der Waals surface area contributed by atoms with Crippen LogP contribution in [0.2, 0.25) is 0 Å². The number of benzene rings is 2. The van der Waals surface area contributed by atoms with E-state index in [-0.39, 0.29) is 23.4 Å². The van der Waals surface area contributed by atoms with Crippen LogP contribution in [0.4, 0.5) is 5.13 Å². The standard InChI is InChI=1S/C26H27N3O4S3/c1-18-7-3-4-15-29(18)36(31,32)21-13-11-19(12-14-21)25(30)28(17-20-8-6-16-33-20)26-27-24-22(34-2)9-5-10-23(24)35-26/h5-6,8-14,16,18H,3-4,7,15,17H2,1-2H3. The van der Waals surface area contributed by atoms with Crippen LogP contribution in [0.3, 0.4) is 0 Å². The predicted octanol–water partition coefficient (Wildman–Crippen LogP) is 6.02. The molecular weight excluding hydrogens is 515 g/mol. The number of fused-ring (bicyclic) bond motifs is 1. The third-order valence-electron chi connectivity index (χ3n) is 6.41. The zero-order valence-electron chi connectivity index (χ0n) is 20.1. The van der Waals surface area contributed by atoms with Gasteiger partial charge in [-0.1, -0.05) is 23.8 Å². The third-order valence-corrected chi connectivity index (χ3v) is 10.3. The van der Waals surface area contributed by atoms with Crippen LogP contribution in [0.15, 0.2) is 75.1 Å². The molecule has 2 aromatic carbocycles. The smallest absolute Gasteiger partial charge is 0.260 e. The van der Waals surface area contributed by atoms with Gasteiger partial charge in [0.15, 0.2) is 5.13 Å². The van der Waals surface area contributed by atoms with Crippen molar-refractivity contribution in [1.82, 2.24) is 9.29 Å². The van der Waals surface area contributed by atoms with Gasteiger partial charge in [-0.05, 0) is 74.6 Å². The summed E-state index contributed by atoms with van der Waals surface area (Å²) in [7, 11) is -3.61. The van der Waals surface area contributed by atoms with Crippen molar-refractivity contribution in [2.75, 3.05) is 17.7 Å². The molecule has 2 aromatic heterocycles. The topological polar surface area (TPSA) is 83.7 Å². The lowest BCUT2D eigenvalue weighted by molar-refractivity contribution is 0.0983. The summed E-state index contributed by atoms with van der Waals surface area (Å²) >= 11 is 3.05. The van der Waals surface area contributed by atoms with Gasteiger partial charge in [-0.2, -0.15) is 4.31 Å². The number of piperidine rings is 1. The first kappa shape index (κ1) is 25.0. The maximum absolute atomic E-state index is 13.7. The summed E-state index contributed by atoms with van der Waals surface area (Å²) in [5.41, 5.74) is 1.25. The predicted molar refractivity (Wildman–Crippen MR) is 144 cm³/mol. The number of para-hydroxylation sites is 1. The number of hydrogen-bond acceptors (Lipinski definition) is 7. The van der Waals surface area contributed by atoms with E-state index >= 15 is 0 Å². The van der Waals surface area contributed by atoms with Crippen LogP contribution in [0.25, 0.3) is 10.2 Å². The summed E-state index contributed by atoms with van der Waals surface area (Å²) < 4.78 is 34.5. The summed E-state index contributed by atoms with van der Waals surface area (Å²) in [6, 6.07) is 15.8. The van der Waals surface area contributed by atoms with Gasteiger partial charge in [0.25, 0.3) is 5.91 Å². The number of furan rings is 1. The van der Waals surface area contributed by atoms with Crippen LogP contribution in [-0.2, 0) is 16.6 Å². The fourth-order valence-corrected chi connectivity index (χ4v) is 7.78. The second-order valence-electron chi connectivity index (χ2n) is 8.76. The monoisotopic (exact) mass is 541 g/mol. The quantitative estimate of drug-likeness (QED) is 0.266. The second kappa shape index (κ2) is 10.4.